The third kappa shape index (κ3) is 4.19. The Hall–Kier alpha value is -2.08. The molecule has 0 saturated heterocycles. The predicted octanol–water partition coefficient (Wildman–Crippen LogP) is 1.71. The Balaban J connectivity index is 2.02. The van der Waals surface area contributed by atoms with Crippen LogP contribution in [-0.4, -0.2) is 27.8 Å². The zero-order valence-corrected chi connectivity index (χ0v) is 12.6. The van der Waals surface area contributed by atoms with Crippen LogP contribution in [0.2, 0.25) is 0 Å². The van der Waals surface area contributed by atoms with Crippen molar-refractivity contribution in [3.8, 4) is 0 Å². The molecule has 0 aliphatic heterocycles. The lowest BCUT2D eigenvalue weighted by molar-refractivity contribution is 0.186. The molecule has 0 amide bonds. The molecule has 2 rings (SSSR count). The van der Waals surface area contributed by atoms with E-state index in [1.807, 2.05) is 18.7 Å². The molecule has 2 heterocycles. The van der Waals surface area contributed by atoms with E-state index in [1.54, 1.807) is 23.8 Å². The SMILES string of the molecule is CCCn1cncc1CNc1ccc(=O)n(CCOC)c1. The number of aromatic nitrogens is 3. The van der Waals surface area contributed by atoms with Crippen LogP contribution >= 0.6 is 0 Å². The molecule has 21 heavy (non-hydrogen) atoms. The third-order valence-electron chi connectivity index (χ3n) is 3.26. The van der Waals surface area contributed by atoms with Crippen molar-refractivity contribution < 1.29 is 4.74 Å². The van der Waals surface area contributed by atoms with Crippen LogP contribution in [0.25, 0.3) is 0 Å². The lowest BCUT2D eigenvalue weighted by atomic mass is 10.3. The highest BCUT2D eigenvalue weighted by Crippen LogP contribution is 2.08. The van der Waals surface area contributed by atoms with Crippen molar-refractivity contribution in [3.63, 3.8) is 0 Å². The maximum atomic E-state index is 11.7. The summed E-state index contributed by atoms with van der Waals surface area (Å²) in [4.78, 5) is 15.9. The Bertz CT molecular complexity index is 618. The number of ether oxygens (including phenoxy) is 1. The molecule has 2 aromatic heterocycles. The molecule has 2 aromatic rings. The van der Waals surface area contributed by atoms with E-state index in [0.29, 0.717) is 19.7 Å². The molecule has 0 atom stereocenters. The zero-order chi connectivity index (χ0) is 15.1. The van der Waals surface area contributed by atoms with Crippen molar-refractivity contribution in [1.29, 1.82) is 0 Å². The molecule has 0 aliphatic carbocycles. The van der Waals surface area contributed by atoms with Crippen LogP contribution in [0.15, 0.2) is 35.6 Å². The normalized spacial score (nSPS) is 10.8. The van der Waals surface area contributed by atoms with Gasteiger partial charge < -0.3 is 19.2 Å². The van der Waals surface area contributed by atoms with Gasteiger partial charge in [0.15, 0.2) is 0 Å². The molecule has 0 unspecified atom stereocenters. The number of hydrogen-bond donors (Lipinski definition) is 1. The Morgan fingerprint density at radius 2 is 2.14 bits per heavy atom. The van der Waals surface area contributed by atoms with Gasteiger partial charge >= 0.3 is 0 Å². The number of methoxy groups -OCH3 is 1. The van der Waals surface area contributed by atoms with Gasteiger partial charge in [-0.3, -0.25) is 4.79 Å². The first kappa shape index (κ1) is 15.3. The van der Waals surface area contributed by atoms with E-state index in [0.717, 1.165) is 24.3 Å². The number of hydrogen-bond acceptors (Lipinski definition) is 4. The fraction of sp³-hybridized carbons (Fsp3) is 0.467. The van der Waals surface area contributed by atoms with Crippen molar-refractivity contribution >= 4 is 5.69 Å². The number of imidazole rings is 1. The monoisotopic (exact) mass is 290 g/mol. The Kier molecular flexibility index (Phi) is 5.57. The average Bonchev–Trinajstić information content (AvgIpc) is 2.93. The zero-order valence-electron chi connectivity index (χ0n) is 12.6. The van der Waals surface area contributed by atoms with Crippen molar-refractivity contribution in [1.82, 2.24) is 14.1 Å². The fourth-order valence-electron chi connectivity index (χ4n) is 2.13. The highest BCUT2D eigenvalue weighted by molar-refractivity contribution is 5.40. The minimum atomic E-state index is -0.0198. The molecule has 0 radical (unpaired) electrons. The van der Waals surface area contributed by atoms with Gasteiger partial charge in [0.05, 0.1) is 30.9 Å². The summed E-state index contributed by atoms with van der Waals surface area (Å²) in [6, 6.07) is 3.37. The van der Waals surface area contributed by atoms with Crippen LogP contribution in [-0.2, 0) is 24.4 Å². The van der Waals surface area contributed by atoms with Gasteiger partial charge in [0, 0.05) is 38.7 Å². The Morgan fingerprint density at radius 3 is 2.90 bits per heavy atom. The van der Waals surface area contributed by atoms with Crippen molar-refractivity contribution in [3.05, 3.63) is 46.9 Å². The first-order chi connectivity index (χ1) is 10.2. The standard InChI is InChI=1S/C15H22N4O2/c1-3-6-19-12-16-9-14(19)10-17-13-4-5-15(20)18(11-13)7-8-21-2/h4-5,9,11-12,17H,3,6-8,10H2,1-2H3. The van der Waals surface area contributed by atoms with E-state index in [2.05, 4.69) is 21.8 Å². The van der Waals surface area contributed by atoms with Crippen molar-refractivity contribution in [2.45, 2.75) is 33.0 Å². The van der Waals surface area contributed by atoms with E-state index >= 15 is 0 Å². The van der Waals surface area contributed by atoms with E-state index < -0.39 is 0 Å². The largest absolute Gasteiger partial charge is 0.383 e. The summed E-state index contributed by atoms with van der Waals surface area (Å²) in [5.41, 5.74) is 2.02. The molecule has 0 bridgehead atoms. The maximum absolute atomic E-state index is 11.7. The Labute approximate surface area is 124 Å². The quantitative estimate of drug-likeness (QED) is 0.804. The van der Waals surface area contributed by atoms with Gasteiger partial charge in [-0.1, -0.05) is 6.92 Å². The topological polar surface area (TPSA) is 61.1 Å². The summed E-state index contributed by atoms with van der Waals surface area (Å²) in [6.45, 7) is 4.86. The van der Waals surface area contributed by atoms with Gasteiger partial charge in [-0.15, -0.1) is 0 Å². The highest BCUT2D eigenvalue weighted by atomic mass is 16.5. The minimum absolute atomic E-state index is 0.0198. The molecular formula is C15H22N4O2. The first-order valence-electron chi connectivity index (χ1n) is 7.17. The second-order valence-electron chi connectivity index (χ2n) is 4.87. The second kappa shape index (κ2) is 7.64. The second-order valence-corrected chi connectivity index (χ2v) is 4.87. The molecule has 0 spiro atoms. The number of nitrogens with zero attached hydrogens (tertiary/aromatic N) is 3. The molecule has 0 aliphatic rings. The number of rotatable bonds is 8. The van der Waals surface area contributed by atoms with Crippen LogP contribution in [0.4, 0.5) is 5.69 Å². The van der Waals surface area contributed by atoms with Crippen LogP contribution in [0, 0.1) is 0 Å². The first-order valence-corrected chi connectivity index (χ1v) is 7.17. The van der Waals surface area contributed by atoms with Crippen LogP contribution in [0.3, 0.4) is 0 Å². The summed E-state index contributed by atoms with van der Waals surface area (Å²) < 4.78 is 8.79. The summed E-state index contributed by atoms with van der Waals surface area (Å²) >= 11 is 0. The van der Waals surface area contributed by atoms with Gasteiger partial charge in [-0.2, -0.15) is 0 Å². The summed E-state index contributed by atoms with van der Waals surface area (Å²) in [5, 5.41) is 3.33. The lowest BCUT2D eigenvalue weighted by Gasteiger charge is -2.11. The molecule has 0 aromatic carbocycles. The Morgan fingerprint density at radius 1 is 1.29 bits per heavy atom. The van der Waals surface area contributed by atoms with Crippen LogP contribution in [0.1, 0.15) is 19.0 Å². The average molecular weight is 290 g/mol. The van der Waals surface area contributed by atoms with Crippen molar-refractivity contribution in [2.24, 2.45) is 0 Å². The van der Waals surface area contributed by atoms with E-state index in [9.17, 15) is 4.79 Å². The molecule has 6 nitrogen and oxygen atoms in total. The third-order valence-corrected chi connectivity index (χ3v) is 3.26. The van der Waals surface area contributed by atoms with Gasteiger partial charge in [0.25, 0.3) is 5.56 Å². The van der Waals surface area contributed by atoms with Crippen LogP contribution < -0.4 is 10.9 Å². The number of aryl methyl sites for hydroxylation is 1. The van der Waals surface area contributed by atoms with E-state index in [1.165, 1.54) is 0 Å². The molecule has 1 N–H and O–H groups in total. The minimum Gasteiger partial charge on any atom is -0.383 e. The number of nitrogens with one attached hydrogen (secondary N) is 1. The predicted molar refractivity (Wildman–Crippen MR) is 82.4 cm³/mol. The summed E-state index contributed by atoms with van der Waals surface area (Å²) in [6.07, 6.45) is 6.61. The summed E-state index contributed by atoms with van der Waals surface area (Å²) in [7, 11) is 1.63. The van der Waals surface area contributed by atoms with E-state index in [-0.39, 0.29) is 5.56 Å². The van der Waals surface area contributed by atoms with Gasteiger partial charge in [-0.25, -0.2) is 4.98 Å². The van der Waals surface area contributed by atoms with Gasteiger partial charge in [0.1, 0.15) is 0 Å². The van der Waals surface area contributed by atoms with Crippen molar-refractivity contribution in [2.75, 3.05) is 19.0 Å². The molecule has 6 heteroatoms. The fourth-order valence-corrected chi connectivity index (χ4v) is 2.13. The molecule has 114 valence electrons. The van der Waals surface area contributed by atoms with Gasteiger partial charge in [-0.05, 0) is 12.5 Å². The molecular weight excluding hydrogens is 268 g/mol. The smallest absolute Gasteiger partial charge is 0.250 e. The highest BCUT2D eigenvalue weighted by Gasteiger charge is 2.03. The van der Waals surface area contributed by atoms with Crippen LogP contribution in [0.5, 0.6) is 0 Å². The molecule has 0 saturated carbocycles. The number of pyridine rings is 1. The maximum Gasteiger partial charge on any atom is 0.250 e. The number of anilines is 1. The van der Waals surface area contributed by atoms with E-state index in [4.69, 9.17) is 4.74 Å². The van der Waals surface area contributed by atoms with Gasteiger partial charge in [0.2, 0.25) is 0 Å². The molecule has 0 fully saturated rings. The lowest BCUT2D eigenvalue weighted by Crippen LogP contribution is -2.21. The summed E-state index contributed by atoms with van der Waals surface area (Å²) in [5.74, 6) is 0.